The van der Waals surface area contributed by atoms with Crippen molar-refractivity contribution in [2.45, 2.75) is 26.3 Å². The topological polar surface area (TPSA) is 58.9 Å². The van der Waals surface area contributed by atoms with Gasteiger partial charge in [-0.15, -0.1) is 0 Å². The second-order valence-electron chi connectivity index (χ2n) is 4.28. The summed E-state index contributed by atoms with van der Waals surface area (Å²) in [6.45, 7) is 3.77. The van der Waals surface area contributed by atoms with E-state index in [1.54, 1.807) is 0 Å². The van der Waals surface area contributed by atoms with E-state index in [2.05, 4.69) is 4.98 Å². The minimum absolute atomic E-state index is 0.0967. The predicted octanol–water partition coefficient (Wildman–Crippen LogP) is 2.40. The number of fused-ring (bicyclic) bond motifs is 1. The Labute approximate surface area is 94.6 Å². The molecular formula is C13H16N2O. The monoisotopic (exact) mass is 216 g/mol. The molecule has 0 radical (unpaired) electrons. The molecule has 0 bridgehead atoms. The lowest BCUT2D eigenvalue weighted by Gasteiger charge is -2.04. The Bertz CT molecular complexity index is 526. The van der Waals surface area contributed by atoms with Crippen LogP contribution >= 0.6 is 0 Å². The van der Waals surface area contributed by atoms with Crippen LogP contribution in [0.1, 0.15) is 29.4 Å². The fourth-order valence-electron chi connectivity index (χ4n) is 2.03. The predicted molar refractivity (Wildman–Crippen MR) is 65.6 cm³/mol. The fraction of sp³-hybridized carbons (Fsp3) is 0.308. The van der Waals surface area contributed by atoms with Crippen LogP contribution in [0.25, 0.3) is 10.9 Å². The summed E-state index contributed by atoms with van der Waals surface area (Å²) < 4.78 is 0. The molecule has 2 rings (SSSR count). The molecule has 0 aliphatic rings. The van der Waals surface area contributed by atoms with Crippen LogP contribution in [0.3, 0.4) is 0 Å². The Morgan fingerprint density at radius 3 is 2.81 bits per heavy atom. The molecule has 0 saturated heterocycles. The van der Waals surface area contributed by atoms with E-state index in [9.17, 15) is 4.79 Å². The number of benzene rings is 1. The molecule has 0 aliphatic heterocycles. The normalized spacial score (nSPS) is 12.9. The van der Waals surface area contributed by atoms with Crippen LogP contribution in [0.2, 0.25) is 0 Å². The Balaban J connectivity index is 2.51. The highest BCUT2D eigenvalue weighted by Crippen LogP contribution is 2.23. The maximum absolute atomic E-state index is 12.1. The van der Waals surface area contributed by atoms with Gasteiger partial charge < -0.3 is 10.7 Å². The molecule has 1 heterocycles. The molecular weight excluding hydrogens is 200 g/mol. The number of carbonyl (C=O) groups excluding carboxylic acids is 1. The van der Waals surface area contributed by atoms with Crippen molar-refractivity contribution in [1.29, 1.82) is 0 Å². The number of nitrogens with two attached hydrogens (primary N) is 1. The third-order valence-electron chi connectivity index (χ3n) is 2.68. The van der Waals surface area contributed by atoms with Gasteiger partial charge in [0.1, 0.15) is 0 Å². The van der Waals surface area contributed by atoms with Crippen molar-refractivity contribution in [2.75, 3.05) is 0 Å². The highest BCUT2D eigenvalue weighted by Gasteiger charge is 2.16. The van der Waals surface area contributed by atoms with Gasteiger partial charge in [-0.3, -0.25) is 4.79 Å². The lowest BCUT2D eigenvalue weighted by molar-refractivity contribution is 0.0977. The first-order valence-electron chi connectivity index (χ1n) is 5.45. The molecule has 3 nitrogen and oxygen atoms in total. The minimum Gasteiger partial charge on any atom is -0.358 e. The van der Waals surface area contributed by atoms with Gasteiger partial charge in [-0.25, -0.2) is 0 Å². The summed E-state index contributed by atoms with van der Waals surface area (Å²) in [5.74, 6) is 0.116. The highest BCUT2D eigenvalue weighted by atomic mass is 16.1. The van der Waals surface area contributed by atoms with Crippen molar-refractivity contribution >= 4 is 16.7 Å². The summed E-state index contributed by atoms with van der Waals surface area (Å²) >= 11 is 0. The number of carbonyl (C=O) groups is 1. The van der Waals surface area contributed by atoms with Gasteiger partial charge in [0.15, 0.2) is 5.78 Å². The molecule has 1 aromatic carbocycles. The maximum atomic E-state index is 12.1. The van der Waals surface area contributed by atoms with Crippen molar-refractivity contribution in [3.05, 3.63) is 35.5 Å². The SMILES string of the molecule is Cc1[nH]c2ccccc2c1C(=O)CC(C)N. The number of rotatable bonds is 3. The molecule has 1 aromatic heterocycles. The van der Waals surface area contributed by atoms with Crippen molar-refractivity contribution in [1.82, 2.24) is 4.98 Å². The van der Waals surface area contributed by atoms with Gasteiger partial charge in [0, 0.05) is 34.6 Å². The summed E-state index contributed by atoms with van der Waals surface area (Å²) in [6.07, 6.45) is 0.392. The van der Waals surface area contributed by atoms with Crippen molar-refractivity contribution in [2.24, 2.45) is 5.73 Å². The largest absolute Gasteiger partial charge is 0.358 e. The van der Waals surface area contributed by atoms with Crippen LogP contribution in [-0.4, -0.2) is 16.8 Å². The lowest BCUT2D eigenvalue weighted by atomic mass is 10.0. The minimum atomic E-state index is -0.0967. The van der Waals surface area contributed by atoms with E-state index in [1.807, 2.05) is 38.1 Å². The second-order valence-corrected chi connectivity index (χ2v) is 4.28. The quantitative estimate of drug-likeness (QED) is 0.774. The van der Waals surface area contributed by atoms with Crippen molar-refractivity contribution in [3.8, 4) is 0 Å². The second kappa shape index (κ2) is 4.10. The first-order chi connectivity index (χ1) is 7.59. The van der Waals surface area contributed by atoms with E-state index in [-0.39, 0.29) is 11.8 Å². The number of Topliss-reactive ketones (excluding diaryl/α,β-unsaturated/α-hetero) is 1. The molecule has 0 spiro atoms. The zero-order valence-corrected chi connectivity index (χ0v) is 9.58. The summed E-state index contributed by atoms with van der Waals surface area (Å²) in [4.78, 5) is 15.3. The lowest BCUT2D eigenvalue weighted by Crippen LogP contribution is -2.19. The van der Waals surface area contributed by atoms with Gasteiger partial charge in [-0.05, 0) is 19.9 Å². The van der Waals surface area contributed by atoms with E-state index >= 15 is 0 Å². The van der Waals surface area contributed by atoms with Crippen LogP contribution in [0.15, 0.2) is 24.3 Å². The number of para-hydroxylation sites is 1. The zero-order valence-electron chi connectivity index (χ0n) is 9.58. The molecule has 3 heteroatoms. The van der Waals surface area contributed by atoms with Crippen LogP contribution in [-0.2, 0) is 0 Å². The maximum Gasteiger partial charge on any atom is 0.166 e. The number of ketones is 1. The molecule has 2 aromatic rings. The molecule has 1 atom stereocenters. The van der Waals surface area contributed by atoms with Crippen LogP contribution in [0, 0.1) is 6.92 Å². The van der Waals surface area contributed by atoms with E-state index in [1.165, 1.54) is 0 Å². The van der Waals surface area contributed by atoms with E-state index < -0.39 is 0 Å². The number of aromatic amines is 1. The molecule has 0 aliphatic carbocycles. The zero-order chi connectivity index (χ0) is 11.7. The van der Waals surface area contributed by atoms with Gasteiger partial charge in [0.2, 0.25) is 0 Å². The van der Waals surface area contributed by atoms with Gasteiger partial charge in [-0.2, -0.15) is 0 Å². The average Bonchev–Trinajstić information content (AvgIpc) is 2.52. The Kier molecular flexibility index (Phi) is 2.79. The number of aromatic nitrogens is 1. The van der Waals surface area contributed by atoms with Gasteiger partial charge in [0.25, 0.3) is 0 Å². The summed E-state index contributed by atoms with van der Waals surface area (Å²) in [7, 11) is 0. The van der Waals surface area contributed by atoms with Gasteiger partial charge >= 0.3 is 0 Å². The number of nitrogens with one attached hydrogen (secondary N) is 1. The van der Waals surface area contributed by atoms with E-state index in [0.717, 1.165) is 22.2 Å². The number of hydrogen-bond donors (Lipinski definition) is 2. The standard InChI is InChI=1S/C13H16N2O/c1-8(14)7-12(16)13-9(2)15-11-6-4-3-5-10(11)13/h3-6,8,15H,7,14H2,1-2H3. The van der Waals surface area contributed by atoms with Crippen molar-refractivity contribution in [3.63, 3.8) is 0 Å². The Hall–Kier alpha value is -1.61. The molecule has 0 saturated carbocycles. The van der Waals surface area contributed by atoms with Gasteiger partial charge in [0.05, 0.1) is 0 Å². The van der Waals surface area contributed by atoms with E-state index in [4.69, 9.17) is 5.73 Å². The average molecular weight is 216 g/mol. The van der Waals surface area contributed by atoms with Crippen LogP contribution in [0.4, 0.5) is 0 Å². The highest BCUT2D eigenvalue weighted by molar-refractivity contribution is 6.09. The van der Waals surface area contributed by atoms with E-state index in [0.29, 0.717) is 6.42 Å². The summed E-state index contributed by atoms with van der Waals surface area (Å²) in [5, 5.41) is 0.991. The third-order valence-corrected chi connectivity index (χ3v) is 2.68. The summed E-state index contributed by atoms with van der Waals surface area (Å²) in [6, 6.07) is 7.75. The number of H-pyrrole nitrogens is 1. The fourth-order valence-corrected chi connectivity index (χ4v) is 2.03. The molecule has 0 fully saturated rings. The first kappa shape index (κ1) is 10.9. The number of hydrogen-bond acceptors (Lipinski definition) is 2. The summed E-state index contributed by atoms with van der Waals surface area (Å²) in [5.41, 5.74) is 8.38. The molecule has 0 amide bonds. The molecule has 1 unspecified atom stereocenters. The number of aryl methyl sites for hydroxylation is 1. The van der Waals surface area contributed by atoms with Gasteiger partial charge in [-0.1, -0.05) is 18.2 Å². The molecule has 3 N–H and O–H groups in total. The first-order valence-corrected chi connectivity index (χ1v) is 5.45. The molecule has 16 heavy (non-hydrogen) atoms. The Morgan fingerprint density at radius 2 is 2.12 bits per heavy atom. The Morgan fingerprint density at radius 1 is 1.44 bits per heavy atom. The third kappa shape index (κ3) is 1.86. The van der Waals surface area contributed by atoms with Crippen LogP contribution < -0.4 is 5.73 Å². The van der Waals surface area contributed by atoms with Crippen LogP contribution in [0.5, 0.6) is 0 Å². The molecule has 84 valence electrons. The van der Waals surface area contributed by atoms with Crippen molar-refractivity contribution < 1.29 is 4.79 Å². The smallest absolute Gasteiger partial charge is 0.166 e.